The first-order chi connectivity index (χ1) is 15.7. The molecule has 0 amide bonds. The van der Waals surface area contributed by atoms with Crippen LogP contribution in [0.1, 0.15) is 64.2 Å². The largest absolute Gasteiger partial charge is 0.255 e. The minimum atomic E-state index is 0.0623. The highest BCUT2D eigenvalue weighted by molar-refractivity contribution is 7.26. The molecule has 166 valence electrons. The van der Waals surface area contributed by atoms with Gasteiger partial charge in [-0.1, -0.05) is 71.0 Å². The average Bonchev–Trinajstić information content (AvgIpc) is 3.16. The van der Waals surface area contributed by atoms with E-state index in [1.165, 1.54) is 61.3 Å². The zero-order valence-corrected chi connectivity index (χ0v) is 21.1. The maximum Gasteiger partial charge on any atom is 0.0880 e. The van der Waals surface area contributed by atoms with Crippen LogP contribution in [0.5, 0.6) is 0 Å². The summed E-state index contributed by atoms with van der Waals surface area (Å²) >= 11 is 1.96. The van der Waals surface area contributed by atoms with Crippen LogP contribution in [0.25, 0.3) is 42.2 Å². The molecule has 0 atom stereocenters. The first kappa shape index (κ1) is 20.9. The monoisotopic (exact) mass is 449 g/mol. The highest BCUT2D eigenvalue weighted by atomic mass is 32.1. The number of nitrogens with zero attached hydrogens (tertiary/aromatic N) is 1. The lowest BCUT2D eigenvalue weighted by Crippen LogP contribution is -2.23. The van der Waals surface area contributed by atoms with Gasteiger partial charge in [0.15, 0.2) is 0 Å². The predicted molar refractivity (Wildman–Crippen MR) is 145 cm³/mol. The highest BCUT2D eigenvalue weighted by Gasteiger charge is 2.30. The minimum Gasteiger partial charge on any atom is -0.255 e. The van der Waals surface area contributed by atoms with E-state index in [1.807, 2.05) is 17.5 Å². The minimum absolute atomic E-state index is 0.0623. The zero-order chi connectivity index (χ0) is 23.0. The summed E-state index contributed by atoms with van der Waals surface area (Å²) < 4.78 is 2.79. The fourth-order valence-corrected chi connectivity index (χ4v) is 7.43. The van der Waals surface area contributed by atoms with Gasteiger partial charge in [-0.2, -0.15) is 0 Å². The summed E-state index contributed by atoms with van der Waals surface area (Å²) in [5.41, 5.74) is 7.13. The van der Waals surface area contributed by atoms with E-state index in [1.54, 1.807) is 11.1 Å². The Bertz CT molecular complexity index is 1540. The van der Waals surface area contributed by atoms with Gasteiger partial charge in [0.05, 0.1) is 10.4 Å². The molecule has 0 spiro atoms. The summed E-state index contributed by atoms with van der Waals surface area (Å²) in [6.45, 7) is 11.8. The summed E-state index contributed by atoms with van der Waals surface area (Å²) in [6.07, 6.45) is 5.75. The van der Waals surface area contributed by atoms with E-state index in [0.29, 0.717) is 0 Å². The predicted octanol–water partition coefficient (Wildman–Crippen LogP) is 9.18. The fraction of sp³-hybridized carbons (Fsp3) is 0.323. The van der Waals surface area contributed by atoms with E-state index in [0.717, 1.165) is 5.69 Å². The molecule has 33 heavy (non-hydrogen) atoms. The van der Waals surface area contributed by atoms with Gasteiger partial charge >= 0.3 is 0 Å². The lowest BCUT2D eigenvalue weighted by atomic mass is 9.72. The number of hydrogen-bond acceptors (Lipinski definition) is 2. The molecule has 0 unspecified atom stereocenters. The topological polar surface area (TPSA) is 12.9 Å². The van der Waals surface area contributed by atoms with Crippen molar-refractivity contribution in [2.45, 2.75) is 64.7 Å². The first-order valence-corrected chi connectivity index (χ1v) is 12.9. The molecule has 0 saturated heterocycles. The van der Waals surface area contributed by atoms with Gasteiger partial charge < -0.3 is 0 Å². The van der Waals surface area contributed by atoms with E-state index in [-0.39, 0.29) is 10.8 Å². The number of rotatable bonds is 1. The van der Waals surface area contributed by atoms with Crippen molar-refractivity contribution in [3.63, 3.8) is 0 Å². The molecule has 0 N–H and O–H groups in total. The third kappa shape index (κ3) is 3.22. The molecule has 2 heterocycles. The highest BCUT2D eigenvalue weighted by Crippen LogP contribution is 2.48. The number of thiophene rings is 1. The van der Waals surface area contributed by atoms with Gasteiger partial charge in [-0.3, -0.25) is 4.98 Å². The van der Waals surface area contributed by atoms with Crippen LogP contribution >= 0.6 is 11.3 Å². The van der Waals surface area contributed by atoms with Crippen molar-refractivity contribution in [1.82, 2.24) is 4.98 Å². The van der Waals surface area contributed by atoms with E-state index < -0.39 is 0 Å². The molecule has 1 aliphatic rings. The van der Waals surface area contributed by atoms with Crippen LogP contribution in [-0.2, 0) is 17.3 Å². The Labute approximate surface area is 200 Å². The third-order valence-corrected chi connectivity index (χ3v) is 8.76. The van der Waals surface area contributed by atoms with Gasteiger partial charge in [0.1, 0.15) is 0 Å². The first-order valence-electron chi connectivity index (χ1n) is 12.1. The molecule has 6 rings (SSSR count). The van der Waals surface area contributed by atoms with Crippen LogP contribution in [0.3, 0.4) is 0 Å². The van der Waals surface area contributed by atoms with Crippen molar-refractivity contribution in [3.8, 4) is 11.3 Å². The number of aryl methyl sites for hydroxylation is 1. The van der Waals surface area contributed by atoms with Crippen LogP contribution in [0.2, 0.25) is 0 Å². The molecule has 2 heteroatoms. The van der Waals surface area contributed by atoms with Crippen LogP contribution < -0.4 is 0 Å². The lowest BCUT2D eigenvalue weighted by molar-refractivity contribution is 0.436. The van der Waals surface area contributed by atoms with Gasteiger partial charge in [0.25, 0.3) is 0 Å². The zero-order valence-electron chi connectivity index (χ0n) is 20.3. The van der Waals surface area contributed by atoms with Gasteiger partial charge in [-0.05, 0) is 75.8 Å². The van der Waals surface area contributed by atoms with Crippen molar-refractivity contribution >= 4 is 42.3 Å². The van der Waals surface area contributed by atoms with E-state index in [4.69, 9.17) is 4.98 Å². The molecular formula is C31H31NS. The van der Waals surface area contributed by atoms with Crippen LogP contribution in [0.4, 0.5) is 0 Å². The standard InChI is InChI=1S/C31H31NS/c1-30(2,3)25-18-21(17-20-9-6-7-11-22(20)25)27-29-24(14-16-32-27)23-13-12-19-10-8-15-31(4,5)26(19)28(23)33-29/h6-7,9,11-14,16-18H,8,10,15H2,1-5H3. The second-order valence-electron chi connectivity index (χ2n) is 11.3. The van der Waals surface area contributed by atoms with Crippen LogP contribution in [0.15, 0.2) is 60.8 Å². The number of hydrogen-bond donors (Lipinski definition) is 0. The lowest BCUT2D eigenvalue weighted by Gasteiger charge is -2.33. The van der Waals surface area contributed by atoms with Crippen LogP contribution in [0, 0.1) is 0 Å². The van der Waals surface area contributed by atoms with Crippen molar-refractivity contribution in [1.29, 1.82) is 0 Å². The fourth-order valence-electron chi connectivity index (χ4n) is 5.88. The van der Waals surface area contributed by atoms with Crippen molar-refractivity contribution in [2.24, 2.45) is 0 Å². The third-order valence-electron chi connectivity index (χ3n) is 7.51. The van der Waals surface area contributed by atoms with Gasteiger partial charge in [0, 0.05) is 27.2 Å². The Morgan fingerprint density at radius 3 is 2.48 bits per heavy atom. The summed E-state index contributed by atoms with van der Waals surface area (Å²) in [5, 5.41) is 5.37. The summed E-state index contributed by atoms with van der Waals surface area (Å²) in [4.78, 5) is 4.96. The van der Waals surface area contributed by atoms with Crippen molar-refractivity contribution in [3.05, 3.63) is 77.5 Å². The van der Waals surface area contributed by atoms with E-state index >= 15 is 0 Å². The molecule has 1 aliphatic carbocycles. The van der Waals surface area contributed by atoms with Gasteiger partial charge in [-0.25, -0.2) is 0 Å². The summed E-state index contributed by atoms with van der Waals surface area (Å²) in [5.74, 6) is 0. The van der Waals surface area contributed by atoms with Gasteiger partial charge in [0.2, 0.25) is 0 Å². The van der Waals surface area contributed by atoms with Crippen molar-refractivity contribution in [2.75, 3.05) is 0 Å². The number of pyridine rings is 1. The molecule has 3 aromatic carbocycles. The maximum atomic E-state index is 4.96. The quantitative estimate of drug-likeness (QED) is 0.248. The number of fused-ring (bicyclic) bond motifs is 6. The number of aromatic nitrogens is 1. The molecule has 1 nitrogen and oxygen atoms in total. The second-order valence-corrected chi connectivity index (χ2v) is 12.4. The molecule has 0 aliphatic heterocycles. The molecular weight excluding hydrogens is 418 g/mol. The Balaban J connectivity index is 1.67. The molecule has 5 aromatic rings. The Kier molecular flexibility index (Phi) is 4.52. The smallest absolute Gasteiger partial charge is 0.0880 e. The Morgan fingerprint density at radius 2 is 1.67 bits per heavy atom. The Morgan fingerprint density at radius 1 is 0.879 bits per heavy atom. The van der Waals surface area contributed by atoms with E-state index in [9.17, 15) is 0 Å². The van der Waals surface area contributed by atoms with Crippen LogP contribution in [-0.4, -0.2) is 4.98 Å². The molecule has 2 aromatic heterocycles. The second kappa shape index (κ2) is 7.14. The van der Waals surface area contributed by atoms with E-state index in [2.05, 4.69) is 89.2 Å². The molecule has 0 fully saturated rings. The molecule has 0 saturated carbocycles. The Hall–Kier alpha value is -2.71. The van der Waals surface area contributed by atoms with Gasteiger partial charge in [-0.15, -0.1) is 11.3 Å². The number of benzene rings is 3. The normalized spacial score (nSPS) is 15.9. The maximum absolute atomic E-state index is 4.96. The molecule has 0 bridgehead atoms. The SMILES string of the molecule is CC(C)(C)c1cc(-c2nccc3c2sc2c4c(ccc23)CCCC4(C)C)cc2ccccc12. The summed E-state index contributed by atoms with van der Waals surface area (Å²) in [6, 6.07) is 20.4. The molecule has 0 radical (unpaired) electrons. The average molecular weight is 450 g/mol. The van der Waals surface area contributed by atoms with Crippen molar-refractivity contribution < 1.29 is 0 Å². The summed E-state index contributed by atoms with van der Waals surface area (Å²) in [7, 11) is 0.